The highest BCUT2D eigenvalue weighted by Crippen LogP contribution is 2.46. The lowest BCUT2D eigenvalue weighted by Crippen LogP contribution is -2.71. The first-order valence-electron chi connectivity index (χ1n) is 31.9. The van der Waals surface area contributed by atoms with Gasteiger partial charge in [0.1, 0.15) is 35.7 Å². The van der Waals surface area contributed by atoms with Crippen LogP contribution in [0.2, 0.25) is 0 Å². The Morgan fingerprint density at radius 2 is 1.63 bits per heavy atom. The van der Waals surface area contributed by atoms with E-state index in [2.05, 4.69) is 37.9 Å². The molecular weight excluding hydrogens is 1160 g/mol. The molecule has 0 aliphatic carbocycles. The number of nitrogens with one attached hydrogen (secondary N) is 4. The zero-order valence-corrected chi connectivity index (χ0v) is 54.5. The summed E-state index contributed by atoms with van der Waals surface area (Å²) in [7, 11) is -4.15. The quantitative estimate of drug-likeness (QED) is 0.0400. The number of rotatable bonds is 18. The van der Waals surface area contributed by atoms with Crippen LogP contribution in [0.15, 0.2) is 111 Å². The lowest BCUT2D eigenvalue weighted by atomic mass is 9.69. The monoisotopic (exact) mass is 1260 g/mol. The number of allylic oxidation sites excluding steroid dienone is 5. The number of sulfonamides is 1. The summed E-state index contributed by atoms with van der Waals surface area (Å²) in [5, 5.41) is 71.0. The van der Waals surface area contributed by atoms with Gasteiger partial charge in [-0.15, -0.1) is 0 Å². The number of amides is 4. The van der Waals surface area contributed by atoms with Crippen LogP contribution < -0.4 is 21.4 Å². The maximum atomic E-state index is 14.7. The number of benzene rings is 2. The normalized spacial score (nSPS) is 32.0. The number of carbonyl (C=O) groups is 5. The van der Waals surface area contributed by atoms with Crippen molar-refractivity contribution in [2.75, 3.05) is 6.54 Å². The van der Waals surface area contributed by atoms with E-state index in [1.165, 1.54) is 35.4 Å². The Kier molecular flexibility index (Phi) is 26.5. The third-order valence-corrected chi connectivity index (χ3v) is 19.8. The number of carbonyl (C=O) groups excluding carboxylic acids is 5. The molecule has 9 N–H and O–H groups in total. The van der Waals surface area contributed by atoms with Crippen LogP contribution in [0.5, 0.6) is 5.75 Å². The molecule has 4 aliphatic rings. The number of aliphatic hydroxyl groups excluding tert-OH is 4. The standard InChI is InChI=1S/C67H99N7O14S/c1-12-49-35-43(7)67(70-62(49)80)47(11)60(78)46(10)58(88-67)38-56(77)41(5)21-15-13-16-22-42(6)57-27-18-14-17-26-55(76)45(9)61(79)52(33-30-44(8)71-73-89(85,86)51-31-28-40(4)29-32-51)63(81)69-59(39(2)3)64(82)68-54(37-48-23-19-24-50(75)36-48)65(83)74-34-20-25-53(72-74)66(84)87-57/h13-14,16-19,22-24,26,28-29,31-32,36,39,41,43-47,49,52-61,72,75-79H,12,15,20-21,25,27,30,33-35,37-38H2,1-11H3,(H,68,82)(H,69,81)(H,70,80)/t41-,43-,44?,45-,46-,47-,49-,52+,53-,54-,55+,56-,57-,58-,59-,60-,61+,67+/m0/s1. The van der Waals surface area contributed by atoms with Gasteiger partial charge in [-0.05, 0) is 119 Å². The second-order valence-electron chi connectivity index (χ2n) is 25.8. The topological polar surface area (TPSA) is 315 Å². The number of aryl methyl sites for hydroxylation is 1. The van der Waals surface area contributed by atoms with Crippen LogP contribution in [0.25, 0.3) is 0 Å². The minimum absolute atomic E-state index is 0.0376. The number of hydrazine groups is 1. The number of cyclic esters (lactones) is 1. The van der Waals surface area contributed by atoms with Crippen molar-refractivity contribution in [3.63, 3.8) is 0 Å². The van der Waals surface area contributed by atoms with Gasteiger partial charge in [-0.25, -0.2) is 5.43 Å². The number of ether oxygens (including phenoxy) is 2. The van der Waals surface area contributed by atoms with Gasteiger partial charge < -0.3 is 51.0 Å². The molecule has 492 valence electrons. The van der Waals surface area contributed by atoms with Crippen LogP contribution in [-0.2, 0) is 49.9 Å². The predicted octanol–water partition coefficient (Wildman–Crippen LogP) is 7.36. The number of aliphatic hydroxyl groups is 4. The Bertz CT molecular complexity index is 2990. The molecule has 0 aromatic heterocycles. The van der Waals surface area contributed by atoms with Gasteiger partial charge in [-0.2, -0.15) is 13.5 Å². The summed E-state index contributed by atoms with van der Waals surface area (Å²) in [4.78, 5) is 71.1. The SMILES string of the molecule is CC[C@H]1C[C@H](C)[C@@]2(NC1=O)O[C@@H](C[C@H](O)[C@@H](C)CCC=CC=C(C)[C@@H]1CC=CC=C[C@@H](O)[C@H](C)[C@@H](O)[C@@H](CCC(C)N=NS(=O)(=O)c3ccc(C)cc3)C(=O)N[C@@H](C(C)C)C(=O)N[C@@H](Cc3cccc(O)c3)C(=O)N3CCC[C@H](N3)C(=O)O1)[C@H](C)[C@H](O)[C@@H]2C. The van der Waals surface area contributed by atoms with Crippen LogP contribution in [-0.4, -0.2) is 142 Å². The maximum Gasteiger partial charge on any atom is 0.325 e. The van der Waals surface area contributed by atoms with Gasteiger partial charge in [-0.3, -0.25) is 29.0 Å². The Morgan fingerprint density at radius 3 is 2.31 bits per heavy atom. The Morgan fingerprint density at radius 1 is 0.910 bits per heavy atom. The largest absolute Gasteiger partial charge is 0.508 e. The first-order valence-corrected chi connectivity index (χ1v) is 33.3. The highest BCUT2D eigenvalue weighted by atomic mass is 32.2. The average molecular weight is 1260 g/mol. The number of phenols is 1. The lowest BCUT2D eigenvalue weighted by molar-refractivity contribution is -0.267. The molecule has 1 spiro atoms. The summed E-state index contributed by atoms with van der Waals surface area (Å²) in [5.41, 5.74) is 4.08. The van der Waals surface area contributed by atoms with E-state index in [9.17, 15) is 57.9 Å². The van der Waals surface area contributed by atoms with Gasteiger partial charge in [0.15, 0.2) is 0 Å². The molecule has 2 aromatic carbocycles. The lowest BCUT2D eigenvalue weighted by Gasteiger charge is -2.56. The van der Waals surface area contributed by atoms with E-state index in [0.717, 1.165) is 5.56 Å². The van der Waals surface area contributed by atoms with Gasteiger partial charge in [0, 0.05) is 55.4 Å². The molecule has 22 heteroatoms. The van der Waals surface area contributed by atoms with Crippen molar-refractivity contribution in [1.82, 2.24) is 26.4 Å². The molecule has 2 aromatic rings. The van der Waals surface area contributed by atoms with Crippen LogP contribution in [0, 0.1) is 54.3 Å². The smallest absolute Gasteiger partial charge is 0.325 e. The number of esters is 1. The highest BCUT2D eigenvalue weighted by Gasteiger charge is 2.57. The number of nitrogens with zero attached hydrogens (tertiary/aromatic N) is 3. The van der Waals surface area contributed by atoms with E-state index in [1.54, 1.807) is 70.2 Å². The van der Waals surface area contributed by atoms with Gasteiger partial charge in [0.05, 0.1) is 47.4 Å². The fourth-order valence-electron chi connectivity index (χ4n) is 12.4. The summed E-state index contributed by atoms with van der Waals surface area (Å²) in [5.74, 6) is -6.54. The minimum Gasteiger partial charge on any atom is -0.508 e. The van der Waals surface area contributed by atoms with E-state index in [0.29, 0.717) is 49.7 Å². The van der Waals surface area contributed by atoms with Crippen LogP contribution >= 0.6 is 0 Å². The fraction of sp³-hybridized carbons (Fsp3) is 0.627. The first kappa shape index (κ1) is 71.9. The summed E-state index contributed by atoms with van der Waals surface area (Å²) >= 11 is 0. The average Bonchev–Trinajstić information content (AvgIpc) is 0.925. The molecule has 2 bridgehead atoms. The minimum atomic E-state index is -4.15. The van der Waals surface area contributed by atoms with Crippen LogP contribution in [0.1, 0.15) is 145 Å². The Balaban J connectivity index is 1.22. The number of hydrogen-bond donors (Lipinski definition) is 9. The summed E-state index contributed by atoms with van der Waals surface area (Å²) in [6, 6.07) is 8.11. The Hall–Kier alpha value is -6.14. The van der Waals surface area contributed by atoms with Gasteiger partial charge in [-0.1, -0.05) is 132 Å². The molecule has 1 unspecified atom stereocenters. The van der Waals surface area contributed by atoms with Crippen LogP contribution in [0.3, 0.4) is 0 Å². The maximum absolute atomic E-state index is 14.7. The van der Waals surface area contributed by atoms with Crippen molar-refractivity contribution in [2.24, 2.45) is 57.0 Å². The van der Waals surface area contributed by atoms with Crippen molar-refractivity contribution in [3.8, 4) is 5.75 Å². The van der Waals surface area contributed by atoms with E-state index >= 15 is 0 Å². The van der Waals surface area contributed by atoms with Gasteiger partial charge in [0.25, 0.3) is 15.9 Å². The molecular formula is C67H99N7O14S. The van der Waals surface area contributed by atoms with Crippen molar-refractivity contribution in [3.05, 3.63) is 108 Å². The molecule has 6 rings (SSSR count). The molecule has 3 fully saturated rings. The molecule has 4 heterocycles. The molecule has 4 aliphatic heterocycles. The second kappa shape index (κ2) is 32.7. The molecule has 0 saturated carbocycles. The number of piperidine rings is 1. The highest BCUT2D eigenvalue weighted by molar-refractivity contribution is 7.90. The Labute approximate surface area is 526 Å². The summed E-state index contributed by atoms with van der Waals surface area (Å²) in [6.07, 6.45) is 10.2. The van der Waals surface area contributed by atoms with Crippen molar-refractivity contribution in [2.45, 2.75) is 218 Å². The fourth-order valence-corrected chi connectivity index (χ4v) is 13.2. The molecule has 89 heavy (non-hydrogen) atoms. The number of aromatic hydroxyl groups is 1. The van der Waals surface area contributed by atoms with Crippen molar-refractivity contribution in [1.29, 1.82) is 0 Å². The van der Waals surface area contributed by atoms with E-state index in [4.69, 9.17) is 9.47 Å². The van der Waals surface area contributed by atoms with Crippen molar-refractivity contribution >= 4 is 39.6 Å². The molecule has 0 radical (unpaired) electrons. The number of hydrogen-bond acceptors (Lipinski definition) is 16. The number of fused-ring (bicyclic) bond motifs is 2. The third kappa shape index (κ3) is 19.2. The predicted molar refractivity (Wildman–Crippen MR) is 337 cm³/mol. The molecule has 4 amide bonds. The molecule has 21 nitrogen and oxygen atoms in total. The van der Waals surface area contributed by atoms with E-state index in [-0.39, 0.29) is 84.8 Å². The van der Waals surface area contributed by atoms with E-state index < -0.39 is 118 Å². The van der Waals surface area contributed by atoms with Crippen LogP contribution in [0.4, 0.5) is 0 Å². The summed E-state index contributed by atoms with van der Waals surface area (Å²) in [6.45, 7) is 20.3. The first-order chi connectivity index (χ1) is 42.1. The number of phenolic OH excluding ortho intramolecular Hbond substituents is 1. The molecule has 18 atom stereocenters. The van der Waals surface area contributed by atoms with Crippen molar-refractivity contribution < 1.29 is 67.4 Å². The second-order valence-corrected chi connectivity index (χ2v) is 27.4. The van der Waals surface area contributed by atoms with Gasteiger partial charge in [0.2, 0.25) is 17.7 Å². The molecule has 3 saturated heterocycles. The third-order valence-electron chi connectivity index (χ3n) is 18.6. The van der Waals surface area contributed by atoms with Gasteiger partial charge >= 0.3 is 5.97 Å². The zero-order valence-electron chi connectivity index (χ0n) is 53.7. The zero-order chi connectivity index (χ0) is 65.5. The van der Waals surface area contributed by atoms with E-state index in [1.807, 2.05) is 59.8 Å². The summed E-state index contributed by atoms with van der Waals surface area (Å²) < 4.78 is 42.7.